The van der Waals surface area contributed by atoms with Crippen LogP contribution in [0.2, 0.25) is 0 Å². The van der Waals surface area contributed by atoms with Crippen molar-refractivity contribution in [3.63, 3.8) is 0 Å². The topological polar surface area (TPSA) is 139 Å². The minimum absolute atomic E-state index is 0.0182. The minimum atomic E-state index is -3.68. The van der Waals surface area contributed by atoms with Crippen LogP contribution in [0.4, 0.5) is 15.4 Å². The normalized spacial score (nSPS) is 14.8. The van der Waals surface area contributed by atoms with Gasteiger partial charge in [-0.15, -0.1) is 0 Å². The smallest absolute Gasteiger partial charge is 0.400 e. The van der Waals surface area contributed by atoms with Crippen LogP contribution in [0.5, 0.6) is 0 Å². The Morgan fingerprint density at radius 2 is 1.87 bits per heavy atom. The van der Waals surface area contributed by atoms with E-state index in [4.69, 9.17) is 4.42 Å². The molecule has 2 aromatic carbocycles. The highest BCUT2D eigenvalue weighted by Gasteiger charge is 2.27. The van der Waals surface area contributed by atoms with Crippen molar-refractivity contribution in [1.82, 2.24) is 9.29 Å². The van der Waals surface area contributed by atoms with Crippen LogP contribution in [0.3, 0.4) is 0 Å². The molecule has 0 radical (unpaired) electrons. The molecule has 1 amide bonds. The number of rotatable bonds is 7. The Morgan fingerprint density at radius 1 is 1.13 bits per heavy atom. The van der Waals surface area contributed by atoms with Crippen molar-refractivity contribution in [3.8, 4) is 0 Å². The number of nitrogens with zero attached hydrogens (tertiary/aromatic N) is 5. The number of nitro groups is 1. The first-order valence-corrected chi connectivity index (χ1v) is 13.8. The van der Waals surface area contributed by atoms with E-state index in [9.17, 15) is 27.7 Å². The predicted molar refractivity (Wildman–Crippen MR) is 138 cm³/mol. The summed E-state index contributed by atoms with van der Waals surface area (Å²) in [4.78, 5) is 28.1. The average Bonchev–Trinajstić information content (AvgIpc) is 3.56. The molecule has 1 saturated heterocycles. The molecule has 11 nitrogen and oxygen atoms in total. The average molecular weight is 558 g/mol. The quantitative estimate of drug-likeness (QED) is 0.181. The van der Waals surface area contributed by atoms with E-state index in [2.05, 4.69) is 10.1 Å². The van der Waals surface area contributed by atoms with Gasteiger partial charge >= 0.3 is 5.88 Å². The Bertz CT molecular complexity index is 1640. The van der Waals surface area contributed by atoms with Crippen LogP contribution >= 0.6 is 11.3 Å². The van der Waals surface area contributed by atoms with Gasteiger partial charge in [0.1, 0.15) is 10.7 Å². The number of sulfonamides is 1. The molecular formula is C24H20FN5O6S2. The molecule has 4 aromatic rings. The second-order valence-electron chi connectivity index (χ2n) is 8.39. The van der Waals surface area contributed by atoms with Gasteiger partial charge in [-0.3, -0.25) is 14.9 Å². The summed E-state index contributed by atoms with van der Waals surface area (Å²) in [5.41, 5.74) is 0.562. The molecule has 3 heterocycles. The van der Waals surface area contributed by atoms with Crippen LogP contribution in [0.25, 0.3) is 10.2 Å². The van der Waals surface area contributed by atoms with Crippen molar-refractivity contribution >= 4 is 54.7 Å². The molecule has 0 N–H and O–H groups in total. The fourth-order valence-corrected chi connectivity index (χ4v) is 6.40. The SMILES string of the molecule is O=C(c1ccc(S(=O)(=O)N2CCCCC2)cc1)N(/N=C/c1ccc([N+](=O)[O-])o1)c1nc2ccc(F)cc2s1. The number of fused-ring (bicyclic) bond motifs is 1. The Balaban J connectivity index is 1.47. The van der Waals surface area contributed by atoms with Gasteiger partial charge < -0.3 is 4.42 Å². The number of piperidine rings is 1. The Labute approximate surface area is 220 Å². The summed E-state index contributed by atoms with van der Waals surface area (Å²) < 4.78 is 46.7. The summed E-state index contributed by atoms with van der Waals surface area (Å²) in [5, 5.41) is 16.1. The number of carbonyl (C=O) groups excluding carboxylic acids is 1. The van der Waals surface area contributed by atoms with Crippen LogP contribution in [0, 0.1) is 15.9 Å². The molecule has 14 heteroatoms. The van der Waals surface area contributed by atoms with Crippen molar-refractivity contribution in [1.29, 1.82) is 0 Å². The van der Waals surface area contributed by atoms with Crippen molar-refractivity contribution in [2.45, 2.75) is 24.2 Å². The van der Waals surface area contributed by atoms with Gasteiger partial charge in [0.2, 0.25) is 15.2 Å². The molecule has 1 aliphatic rings. The lowest BCUT2D eigenvalue weighted by Gasteiger charge is -2.25. The largest absolute Gasteiger partial charge is 0.433 e. The Hall–Kier alpha value is -4.01. The number of benzene rings is 2. The molecule has 0 unspecified atom stereocenters. The fraction of sp³-hybridized carbons (Fsp3) is 0.208. The lowest BCUT2D eigenvalue weighted by atomic mass is 10.2. The van der Waals surface area contributed by atoms with Gasteiger partial charge in [0, 0.05) is 18.7 Å². The molecule has 0 saturated carbocycles. The van der Waals surface area contributed by atoms with E-state index in [0.29, 0.717) is 23.3 Å². The van der Waals surface area contributed by atoms with Gasteiger partial charge in [0.05, 0.1) is 27.4 Å². The van der Waals surface area contributed by atoms with Crippen molar-refractivity contribution in [3.05, 3.63) is 81.9 Å². The molecule has 0 bridgehead atoms. The van der Waals surface area contributed by atoms with Gasteiger partial charge in [-0.05, 0) is 61.4 Å². The summed E-state index contributed by atoms with van der Waals surface area (Å²) in [6.07, 6.45) is 3.70. The molecule has 2 aromatic heterocycles. The zero-order valence-corrected chi connectivity index (χ0v) is 21.3. The molecule has 1 fully saturated rings. The summed E-state index contributed by atoms with van der Waals surface area (Å²) >= 11 is 1.01. The lowest BCUT2D eigenvalue weighted by Crippen LogP contribution is -2.35. The third-order valence-corrected chi connectivity index (χ3v) is 8.77. The number of anilines is 1. The first-order valence-electron chi connectivity index (χ1n) is 11.5. The number of furan rings is 1. The number of amides is 1. The second kappa shape index (κ2) is 10.4. The predicted octanol–water partition coefficient (Wildman–Crippen LogP) is 4.79. The number of halogens is 1. The maximum absolute atomic E-state index is 13.7. The number of aromatic nitrogens is 1. The van der Waals surface area contributed by atoms with Gasteiger partial charge in [0.25, 0.3) is 5.91 Å². The molecule has 5 rings (SSSR count). The second-order valence-corrected chi connectivity index (χ2v) is 11.3. The molecule has 0 spiro atoms. The number of hydrazone groups is 1. The maximum atomic E-state index is 13.7. The summed E-state index contributed by atoms with van der Waals surface area (Å²) in [6.45, 7) is 0.906. The molecule has 0 atom stereocenters. The fourth-order valence-electron chi connectivity index (χ4n) is 3.94. The summed E-state index contributed by atoms with van der Waals surface area (Å²) in [7, 11) is -3.68. The van der Waals surface area contributed by atoms with Crippen molar-refractivity contribution in [2.24, 2.45) is 5.10 Å². The highest BCUT2D eigenvalue weighted by Crippen LogP contribution is 2.31. The van der Waals surface area contributed by atoms with Gasteiger partial charge in [-0.1, -0.05) is 17.8 Å². The number of hydrogen-bond donors (Lipinski definition) is 0. The highest BCUT2D eigenvalue weighted by molar-refractivity contribution is 7.89. The van der Waals surface area contributed by atoms with E-state index in [1.807, 2.05) is 0 Å². The number of carbonyl (C=O) groups is 1. The zero-order valence-electron chi connectivity index (χ0n) is 19.7. The minimum Gasteiger partial charge on any atom is -0.400 e. The zero-order chi connectivity index (χ0) is 26.9. The van der Waals surface area contributed by atoms with E-state index in [1.165, 1.54) is 52.8 Å². The lowest BCUT2D eigenvalue weighted by molar-refractivity contribution is -0.402. The van der Waals surface area contributed by atoms with Gasteiger partial charge in [0.15, 0.2) is 5.76 Å². The summed E-state index contributed by atoms with van der Waals surface area (Å²) in [6, 6.07) is 11.9. The highest BCUT2D eigenvalue weighted by atomic mass is 32.2. The Kier molecular flexibility index (Phi) is 7.01. The first-order chi connectivity index (χ1) is 18.2. The third-order valence-electron chi connectivity index (χ3n) is 5.86. The molecular weight excluding hydrogens is 537 g/mol. The molecule has 0 aliphatic carbocycles. The third kappa shape index (κ3) is 5.18. The van der Waals surface area contributed by atoms with E-state index in [0.717, 1.165) is 47.9 Å². The monoisotopic (exact) mass is 557 g/mol. The standard InChI is InChI=1S/C24H20FN5O6S2/c25-17-6-10-20-21(14-17)37-24(27-20)29(26-15-18-7-11-22(36-18)30(32)33)23(31)16-4-8-19(9-5-16)38(34,35)28-12-2-1-3-13-28/h4-11,14-15H,1-3,12-13H2/b26-15+. The van der Waals surface area contributed by atoms with Crippen molar-refractivity contribution < 1.29 is 26.9 Å². The molecule has 1 aliphatic heterocycles. The van der Waals surface area contributed by atoms with Crippen LogP contribution < -0.4 is 5.01 Å². The van der Waals surface area contributed by atoms with Crippen LogP contribution in [-0.4, -0.2) is 47.8 Å². The van der Waals surface area contributed by atoms with Crippen LogP contribution in [-0.2, 0) is 10.0 Å². The first kappa shape index (κ1) is 25.6. The van der Waals surface area contributed by atoms with Crippen LogP contribution in [0.15, 0.2) is 69.0 Å². The molecule has 196 valence electrons. The van der Waals surface area contributed by atoms with E-state index < -0.39 is 32.6 Å². The maximum Gasteiger partial charge on any atom is 0.433 e. The van der Waals surface area contributed by atoms with E-state index in [-0.39, 0.29) is 21.4 Å². The van der Waals surface area contributed by atoms with E-state index >= 15 is 0 Å². The van der Waals surface area contributed by atoms with Crippen molar-refractivity contribution in [2.75, 3.05) is 18.1 Å². The van der Waals surface area contributed by atoms with Gasteiger partial charge in [-0.2, -0.15) is 14.4 Å². The van der Waals surface area contributed by atoms with Gasteiger partial charge in [-0.25, -0.2) is 17.8 Å². The van der Waals surface area contributed by atoms with E-state index in [1.54, 1.807) is 0 Å². The Morgan fingerprint density at radius 3 is 2.55 bits per heavy atom. The molecule has 38 heavy (non-hydrogen) atoms. The summed E-state index contributed by atoms with van der Waals surface area (Å²) in [5.74, 6) is -1.60. The van der Waals surface area contributed by atoms with Crippen LogP contribution in [0.1, 0.15) is 35.4 Å². The number of hydrogen-bond acceptors (Lipinski definition) is 9. The number of thiazole rings is 1.